The normalized spacial score (nSPS) is 10.4. The van der Waals surface area contributed by atoms with E-state index in [1.807, 2.05) is 24.3 Å². The third-order valence-electron chi connectivity index (χ3n) is 3.28. The first-order chi connectivity index (χ1) is 10.7. The molecule has 0 aliphatic carbocycles. The quantitative estimate of drug-likeness (QED) is 0.802. The molecule has 2 aromatic carbocycles. The van der Waals surface area contributed by atoms with Crippen LogP contribution in [-0.4, -0.2) is 18.0 Å². The maximum Gasteiger partial charge on any atom is 0.249 e. The van der Waals surface area contributed by atoms with Crippen molar-refractivity contribution in [1.82, 2.24) is 4.98 Å². The van der Waals surface area contributed by atoms with E-state index in [1.165, 1.54) is 0 Å². The van der Waals surface area contributed by atoms with Crippen LogP contribution in [0, 0.1) is 0 Å². The number of aromatic nitrogens is 1. The molecule has 1 amide bonds. The number of methoxy groups -OCH3 is 1. The molecule has 0 unspecified atom stereocenters. The summed E-state index contributed by atoms with van der Waals surface area (Å²) in [6.07, 6.45) is 1.61. The van der Waals surface area contributed by atoms with Crippen LogP contribution >= 0.6 is 0 Å². The number of primary amides is 1. The highest BCUT2D eigenvalue weighted by atomic mass is 16.5. The van der Waals surface area contributed by atoms with Crippen LogP contribution in [0.4, 0.5) is 0 Å². The van der Waals surface area contributed by atoms with E-state index in [0.717, 1.165) is 11.3 Å². The Morgan fingerprint density at radius 3 is 2.77 bits per heavy atom. The number of amides is 1. The summed E-state index contributed by atoms with van der Waals surface area (Å²) in [6, 6.07) is 14.4. The summed E-state index contributed by atoms with van der Waals surface area (Å²) in [5, 5.41) is 0. The fourth-order valence-corrected chi connectivity index (χ4v) is 2.19. The molecule has 0 aliphatic rings. The van der Waals surface area contributed by atoms with Crippen LogP contribution in [0.3, 0.4) is 0 Å². The van der Waals surface area contributed by atoms with Gasteiger partial charge in [0.25, 0.3) is 0 Å². The number of carbonyl (C=O) groups is 1. The summed E-state index contributed by atoms with van der Waals surface area (Å²) in [6.45, 7) is 0. The molecule has 5 nitrogen and oxygen atoms in total. The molecule has 0 fully saturated rings. The monoisotopic (exact) mass is 294 g/mol. The first-order valence-electron chi connectivity index (χ1n) is 6.68. The minimum absolute atomic E-state index is 0.354. The van der Waals surface area contributed by atoms with Crippen LogP contribution in [0.25, 0.3) is 22.8 Å². The van der Waals surface area contributed by atoms with Gasteiger partial charge in [0.15, 0.2) is 5.76 Å². The van der Waals surface area contributed by atoms with Crippen molar-refractivity contribution in [2.24, 2.45) is 5.73 Å². The smallest absolute Gasteiger partial charge is 0.249 e. The lowest BCUT2D eigenvalue weighted by Crippen LogP contribution is -2.12. The van der Waals surface area contributed by atoms with Crippen molar-refractivity contribution in [3.8, 4) is 28.5 Å². The van der Waals surface area contributed by atoms with Gasteiger partial charge in [-0.3, -0.25) is 4.79 Å². The number of nitrogens with zero attached hydrogens (tertiary/aromatic N) is 1. The van der Waals surface area contributed by atoms with E-state index in [4.69, 9.17) is 14.9 Å². The highest BCUT2D eigenvalue weighted by molar-refractivity contribution is 5.98. The van der Waals surface area contributed by atoms with E-state index in [-0.39, 0.29) is 0 Å². The Morgan fingerprint density at radius 2 is 2.00 bits per heavy atom. The number of rotatable bonds is 4. The number of carbonyl (C=O) groups excluding carboxylic acids is 1. The molecule has 3 aromatic rings. The summed E-state index contributed by atoms with van der Waals surface area (Å²) >= 11 is 0. The van der Waals surface area contributed by atoms with E-state index in [9.17, 15) is 4.79 Å². The van der Waals surface area contributed by atoms with Gasteiger partial charge in [-0.25, -0.2) is 4.98 Å². The maximum absolute atomic E-state index is 11.5. The number of ether oxygens (including phenoxy) is 1. The van der Waals surface area contributed by atoms with Crippen molar-refractivity contribution in [2.75, 3.05) is 7.11 Å². The Hall–Kier alpha value is -3.08. The van der Waals surface area contributed by atoms with Crippen LogP contribution < -0.4 is 10.5 Å². The van der Waals surface area contributed by atoms with Crippen LogP contribution in [-0.2, 0) is 0 Å². The van der Waals surface area contributed by atoms with E-state index in [1.54, 1.807) is 37.6 Å². The van der Waals surface area contributed by atoms with Gasteiger partial charge in [-0.2, -0.15) is 0 Å². The SMILES string of the molecule is COc1cccc(-c2cnc(-c3ccccc3C(N)=O)o2)c1. The Balaban J connectivity index is 2.02. The third kappa shape index (κ3) is 2.56. The lowest BCUT2D eigenvalue weighted by atomic mass is 10.1. The second-order valence-electron chi connectivity index (χ2n) is 4.67. The molecule has 1 heterocycles. The van der Waals surface area contributed by atoms with Gasteiger partial charge in [0.05, 0.1) is 18.9 Å². The number of hydrogen-bond acceptors (Lipinski definition) is 4. The number of hydrogen-bond donors (Lipinski definition) is 1. The van der Waals surface area contributed by atoms with Crippen LogP contribution in [0.15, 0.2) is 59.1 Å². The molecule has 22 heavy (non-hydrogen) atoms. The largest absolute Gasteiger partial charge is 0.497 e. The van der Waals surface area contributed by atoms with Crippen LogP contribution in [0.1, 0.15) is 10.4 Å². The highest BCUT2D eigenvalue weighted by Gasteiger charge is 2.15. The van der Waals surface area contributed by atoms with Gasteiger partial charge in [0.2, 0.25) is 11.8 Å². The Bertz CT molecular complexity index is 824. The van der Waals surface area contributed by atoms with Crippen molar-refractivity contribution in [3.63, 3.8) is 0 Å². The number of nitrogens with two attached hydrogens (primary N) is 1. The number of benzene rings is 2. The van der Waals surface area contributed by atoms with Gasteiger partial charge in [0.1, 0.15) is 5.75 Å². The van der Waals surface area contributed by atoms with E-state index >= 15 is 0 Å². The van der Waals surface area contributed by atoms with Crippen LogP contribution in [0.2, 0.25) is 0 Å². The van der Waals surface area contributed by atoms with Gasteiger partial charge < -0.3 is 14.9 Å². The summed E-state index contributed by atoms with van der Waals surface area (Å²) in [5.74, 6) is 1.16. The van der Waals surface area contributed by atoms with Gasteiger partial charge in [-0.15, -0.1) is 0 Å². The topological polar surface area (TPSA) is 78.4 Å². The van der Waals surface area contributed by atoms with Gasteiger partial charge in [0, 0.05) is 11.1 Å². The molecule has 0 radical (unpaired) electrons. The van der Waals surface area contributed by atoms with Crippen LogP contribution in [0.5, 0.6) is 5.75 Å². The molecule has 3 rings (SSSR count). The molecular weight excluding hydrogens is 280 g/mol. The predicted octanol–water partition coefficient (Wildman–Crippen LogP) is 3.12. The summed E-state index contributed by atoms with van der Waals surface area (Å²) < 4.78 is 11.0. The average Bonchev–Trinajstić information content (AvgIpc) is 3.05. The van der Waals surface area contributed by atoms with Gasteiger partial charge >= 0.3 is 0 Å². The zero-order valence-electron chi connectivity index (χ0n) is 11.9. The average molecular weight is 294 g/mol. The second-order valence-corrected chi connectivity index (χ2v) is 4.67. The van der Waals surface area contributed by atoms with Crippen molar-refractivity contribution < 1.29 is 13.9 Å². The fraction of sp³-hybridized carbons (Fsp3) is 0.0588. The minimum Gasteiger partial charge on any atom is -0.497 e. The molecule has 2 N–H and O–H groups in total. The molecule has 0 atom stereocenters. The van der Waals surface area contributed by atoms with Crippen molar-refractivity contribution >= 4 is 5.91 Å². The summed E-state index contributed by atoms with van der Waals surface area (Å²) in [4.78, 5) is 15.7. The molecule has 0 saturated heterocycles. The van der Waals surface area contributed by atoms with E-state index in [0.29, 0.717) is 22.8 Å². The van der Waals surface area contributed by atoms with Crippen molar-refractivity contribution in [2.45, 2.75) is 0 Å². The molecule has 0 saturated carbocycles. The van der Waals surface area contributed by atoms with Crippen molar-refractivity contribution in [3.05, 3.63) is 60.3 Å². The third-order valence-corrected chi connectivity index (χ3v) is 3.28. The molecule has 110 valence electrons. The Labute approximate surface area is 127 Å². The lowest BCUT2D eigenvalue weighted by molar-refractivity contribution is 0.100. The minimum atomic E-state index is -0.517. The maximum atomic E-state index is 11.5. The molecule has 1 aromatic heterocycles. The van der Waals surface area contributed by atoms with E-state index in [2.05, 4.69) is 4.98 Å². The second kappa shape index (κ2) is 5.73. The molecular formula is C17H14N2O3. The summed E-state index contributed by atoms with van der Waals surface area (Å²) in [5.41, 5.74) is 7.17. The zero-order chi connectivity index (χ0) is 15.5. The van der Waals surface area contributed by atoms with E-state index < -0.39 is 5.91 Å². The molecule has 0 aliphatic heterocycles. The summed E-state index contributed by atoms with van der Waals surface area (Å²) in [7, 11) is 1.61. The Kier molecular flexibility index (Phi) is 3.62. The number of oxazole rings is 1. The predicted molar refractivity (Wildman–Crippen MR) is 82.4 cm³/mol. The molecule has 0 bridgehead atoms. The first kappa shape index (κ1) is 13.9. The fourth-order valence-electron chi connectivity index (χ4n) is 2.19. The lowest BCUT2D eigenvalue weighted by Gasteiger charge is -2.03. The molecule has 5 heteroatoms. The van der Waals surface area contributed by atoms with Gasteiger partial charge in [-0.1, -0.05) is 24.3 Å². The van der Waals surface area contributed by atoms with Gasteiger partial charge in [-0.05, 0) is 24.3 Å². The molecule has 0 spiro atoms. The standard InChI is InChI=1S/C17H14N2O3/c1-21-12-6-4-5-11(9-12)15-10-19-17(22-15)14-8-3-2-7-13(14)16(18)20/h2-10H,1H3,(H2,18,20). The zero-order valence-corrected chi connectivity index (χ0v) is 11.9. The van der Waals surface area contributed by atoms with Crippen molar-refractivity contribution in [1.29, 1.82) is 0 Å². The highest BCUT2D eigenvalue weighted by Crippen LogP contribution is 2.29. The Morgan fingerprint density at radius 1 is 1.18 bits per heavy atom. The first-order valence-corrected chi connectivity index (χ1v) is 6.68.